The molecule has 0 heterocycles. The molecule has 0 aliphatic rings. The Labute approximate surface area is 62.3 Å². The summed E-state index contributed by atoms with van der Waals surface area (Å²) in [4.78, 5) is 0. The highest BCUT2D eigenvalue weighted by Crippen LogP contribution is 2.19. The summed E-state index contributed by atoms with van der Waals surface area (Å²) in [6.45, 7) is 6.31. The summed E-state index contributed by atoms with van der Waals surface area (Å²) in [5, 5.41) is 25.2. The molecule has 64 valence electrons. The van der Waals surface area contributed by atoms with Crippen LogP contribution < -0.4 is 0 Å². The SMILES string of the molecule is CC(C)(O)C(C)(C)O.CO. The maximum atomic E-state index is 9.10. The van der Waals surface area contributed by atoms with Crippen molar-refractivity contribution in [2.45, 2.75) is 38.9 Å². The van der Waals surface area contributed by atoms with Crippen LogP contribution in [0.25, 0.3) is 0 Å². The van der Waals surface area contributed by atoms with Gasteiger partial charge in [0.2, 0.25) is 0 Å². The minimum Gasteiger partial charge on any atom is -0.400 e. The average molecular weight is 150 g/mol. The zero-order valence-electron chi connectivity index (χ0n) is 7.34. The molecule has 0 saturated carbocycles. The first-order valence-corrected chi connectivity index (χ1v) is 3.14. The fourth-order valence-corrected chi connectivity index (χ4v) is 0. The van der Waals surface area contributed by atoms with Gasteiger partial charge in [-0.25, -0.2) is 0 Å². The van der Waals surface area contributed by atoms with E-state index in [1.54, 1.807) is 27.7 Å². The number of aliphatic hydroxyl groups is 3. The lowest BCUT2D eigenvalue weighted by atomic mass is 9.90. The Morgan fingerprint density at radius 2 is 0.800 bits per heavy atom. The van der Waals surface area contributed by atoms with Crippen LogP contribution in [0.1, 0.15) is 27.7 Å². The van der Waals surface area contributed by atoms with E-state index >= 15 is 0 Å². The highest BCUT2D eigenvalue weighted by atomic mass is 16.3. The molecule has 0 fully saturated rings. The lowest BCUT2D eigenvalue weighted by Gasteiger charge is -2.31. The summed E-state index contributed by atoms with van der Waals surface area (Å²) in [7, 11) is 1.00. The highest BCUT2D eigenvalue weighted by molar-refractivity contribution is 4.84. The zero-order chi connectivity index (χ0) is 9.00. The van der Waals surface area contributed by atoms with E-state index in [2.05, 4.69) is 0 Å². The Morgan fingerprint density at radius 3 is 0.800 bits per heavy atom. The average Bonchev–Trinajstić information content (AvgIpc) is 1.66. The molecule has 10 heavy (non-hydrogen) atoms. The molecule has 0 spiro atoms. The first-order valence-electron chi connectivity index (χ1n) is 3.14. The molecule has 0 unspecified atom stereocenters. The molecule has 0 amide bonds. The minimum atomic E-state index is -1.01. The first-order chi connectivity index (χ1) is 4.25. The highest BCUT2D eigenvalue weighted by Gasteiger charge is 2.31. The molecule has 0 aliphatic heterocycles. The third-order valence-corrected chi connectivity index (χ3v) is 1.50. The van der Waals surface area contributed by atoms with Crippen molar-refractivity contribution >= 4 is 0 Å². The quantitative estimate of drug-likeness (QED) is 0.498. The zero-order valence-corrected chi connectivity index (χ0v) is 7.34. The second kappa shape index (κ2) is 3.91. The van der Waals surface area contributed by atoms with E-state index in [1.165, 1.54) is 0 Å². The number of aliphatic hydroxyl groups excluding tert-OH is 1. The van der Waals surface area contributed by atoms with Crippen LogP contribution in [0.3, 0.4) is 0 Å². The number of rotatable bonds is 1. The van der Waals surface area contributed by atoms with Crippen LogP contribution in [0.4, 0.5) is 0 Å². The molecule has 0 saturated heterocycles. The maximum Gasteiger partial charge on any atom is 0.0872 e. The Morgan fingerprint density at radius 1 is 0.700 bits per heavy atom. The van der Waals surface area contributed by atoms with E-state index in [-0.39, 0.29) is 0 Å². The predicted octanol–water partition coefficient (Wildman–Crippen LogP) is 0.137. The number of hydrogen-bond donors (Lipinski definition) is 3. The summed E-state index contributed by atoms with van der Waals surface area (Å²) in [5.74, 6) is 0. The molecule has 3 nitrogen and oxygen atoms in total. The van der Waals surface area contributed by atoms with Gasteiger partial charge < -0.3 is 15.3 Å². The van der Waals surface area contributed by atoms with Gasteiger partial charge in [-0.1, -0.05) is 0 Å². The molecule has 0 aromatic rings. The van der Waals surface area contributed by atoms with E-state index in [9.17, 15) is 0 Å². The summed E-state index contributed by atoms with van der Waals surface area (Å²) in [5.41, 5.74) is -2.01. The molecule has 0 rings (SSSR count). The van der Waals surface area contributed by atoms with Gasteiger partial charge in [0.15, 0.2) is 0 Å². The van der Waals surface area contributed by atoms with Crippen molar-refractivity contribution in [3.8, 4) is 0 Å². The summed E-state index contributed by atoms with van der Waals surface area (Å²) >= 11 is 0. The van der Waals surface area contributed by atoms with E-state index < -0.39 is 11.2 Å². The second-order valence-corrected chi connectivity index (χ2v) is 3.12. The van der Waals surface area contributed by atoms with Crippen molar-refractivity contribution in [3.63, 3.8) is 0 Å². The van der Waals surface area contributed by atoms with Gasteiger partial charge in [0.05, 0.1) is 11.2 Å². The van der Waals surface area contributed by atoms with Crippen LogP contribution in [0, 0.1) is 0 Å². The Kier molecular flexibility index (Phi) is 4.90. The van der Waals surface area contributed by atoms with Crippen LogP contribution >= 0.6 is 0 Å². The Bertz CT molecular complexity index is 63.8. The van der Waals surface area contributed by atoms with E-state index in [1.807, 2.05) is 0 Å². The summed E-state index contributed by atoms with van der Waals surface area (Å²) in [6.07, 6.45) is 0. The predicted molar refractivity (Wildman–Crippen MR) is 40.7 cm³/mol. The molecule has 0 bridgehead atoms. The van der Waals surface area contributed by atoms with Gasteiger partial charge in [-0.15, -0.1) is 0 Å². The monoisotopic (exact) mass is 150 g/mol. The topological polar surface area (TPSA) is 60.7 Å². The van der Waals surface area contributed by atoms with E-state index in [0.29, 0.717) is 0 Å². The largest absolute Gasteiger partial charge is 0.400 e. The van der Waals surface area contributed by atoms with Crippen LogP contribution in [-0.4, -0.2) is 33.6 Å². The van der Waals surface area contributed by atoms with Gasteiger partial charge in [-0.3, -0.25) is 0 Å². The van der Waals surface area contributed by atoms with Gasteiger partial charge in [0.1, 0.15) is 0 Å². The molecule has 0 radical (unpaired) electrons. The lowest BCUT2D eigenvalue weighted by molar-refractivity contribution is -0.107. The minimum absolute atomic E-state index is 1.00. The van der Waals surface area contributed by atoms with Gasteiger partial charge in [0, 0.05) is 7.11 Å². The fraction of sp³-hybridized carbons (Fsp3) is 1.00. The second-order valence-electron chi connectivity index (χ2n) is 3.12. The third-order valence-electron chi connectivity index (χ3n) is 1.50. The molecule has 0 aromatic heterocycles. The number of hydrogen-bond acceptors (Lipinski definition) is 3. The van der Waals surface area contributed by atoms with Gasteiger partial charge in [-0.05, 0) is 27.7 Å². The van der Waals surface area contributed by atoms with Crippen molar-refractivity contribution in [2.75, 3.05) is 7.11 Å². The third kappa shape index (κ3) is 4.73. The molecule has 0 atom stereocenters. The standard InChI is InChI=1S/C6H14O2.CH4O/c1-5(2,7)6(3,4)8;1-2/h7-8H,1-4H3;2H,1H3. The fourth-order valence-electron chi connectivity index (χ4n) is 0. The normalized spacial score (nSPS) is 12.0. The molecular formula is C7H18O3. The van der Waals surface area contributed by atoms with Crippen molar-refractivity contribution in [1.29, 1.82) is 0 Å². The van der Waals surface area contributed by atoms with Crippen molar-refractivity contribution in [2.24, 2.45) is 0 Å². The van der Waals surface area contributed by atoms with E-state index in [0.717, 1.165) is 7.11 Å². The maximum absolute atomic E-state index is 9.10. The molecule has 0 aromatic carbocycles. The van der Waals surface area contributed by atoms with Crippen LogP contribution in [0.15, 0.2) is 0 Å². The molecule has 3 heteroatoms. The smallest absolute Gasteiger partial charge is 0.0872 e. The summed E-state index contributed by atoms with van der Waals surface area (Å²) in [6, 6.07) is 0. The van der Waals surface area contributed by atoms with Crippen LogP contribution in [-0.2, 0) is 0 Å². The Balaban J connectivity index is 0. The van der Waals surface area contributed by atoms with Crippen LogP contribution in [0.2, 0.25) is 0 Å². The molecule has 0 aliphatic carbocycles. The first kappa shape index (κ1) is 12.5. The van der Waals surface area contributed by atoms with Gasteiger partial charge >= 0.3 is 0 Å². The summed E-state index contributed by atoms with van der Waals surface area (Å²) < 4.78 is 0. The van der Waals surface area contributed by atoms with Crippen LogP contribution in [0.5, 0.6) is 0 Å². The van der Waals surface area contributed by atoms with Crippen molar-refractivity contribution in [3.05, 3.63) is 0 Å². The van der Waals surface area contributed by atoms with Gasteiger partial charge in [-0.2, -0.15) is 0 Å². The lowest BCUT2D eigenvalue weighted by Crippen LogP contribution is -2.44. The molecular weight excluding hydrogens is 132 g/mol. The van der Waals surface area contributed by atoms with Crippen molar-refractivity contribution < 1.29 is 15.3 Å². The van der Waals surface area contributed by atoms with E-state index in [4.69, 9.17) is 15.3 Å². The van der Waals surface area contributed by atoms with Gasteiger partial charge in [0.25, 0.3) is 0 Å². The van der Waals surface area contributed by atoms with Crippen molar-refractivity contribution in [1.82, 2.24) is 0 Å². The molecule has 3 N–H and O–H groups in total. The Hall–Kier alpha value is -0.120.